The fourth-order valence-corrected chi connectivity index (χ4v) is 2.21. The van der Waals surface area contributed by atoms with Gasteiger partial charge in [0.05, 0.1) is 17.3 Å². The van der Waals surface area contributed by atoms with Gasteiger partial charge < -0.3 is 15.2 Å². The minimum Gasteiger partial charge on any atom is -0.491 e. The summed E-state index contributed by atoms with van der Waals surface area (Å²) in [5.74, 6) is -0.0469. The Hall–Kier alpha value is -2.40. The Kier molecular flexibility index (Phi) is 3.35. The second-order valence-electron chi connectivity index (χ2n) is 4.63. The van der Waals surface area contributed by atoms with E-state index in [4.69, 9.17) is 9.84 Å². The van der Waals surface area contributed by atoms with Gasteiger partial charge in [0.25, 0.3) is 0 Å². The second-order valence-corrected chi connectivity index (χ2v) is 4.63. The Bertz CT molecular complexity index is 625. The zero-order chi connectivity index (χ0) is 13.9. The third kappa shape index (κ3) is 2.48. The van der Waals surface area contributed by atoms with Crippen molar-refractivity contribution in [1.82, 2.24) is 10.3 Å². The van der Waals surface area contributed by atoms with Gasteiger partial charge in [0.15, 0.2) is 0 Å². The van der Waals surface area contributed by atoms with E-state index < -0.39 is 5.97 Å². The lowest BCUT2D eigenvalue weighted by Gasteiger charge is -2.11. The lowest BCUT2D eigenvalue weighted by atomic mass is 10.1. The van der Waals surface area contributed by atoms with Crippen LogP contribution in [-0.2, 0) is 6.54 Å². The SMILES string of the molecule is O=C(O)c1ccc(CNC2COc3ccccc32)nc1. The molecule has 0 spiro atoms. The van der Waals surface area contributed by atoms with Crippen LogP contribution >= 0.6 is 0 Å². The summed E-state index contributed by atoms with van der Waals surface area (Å²) in [6.07, 6.45) is 1.37. The third-order valence-electron chi connectivity index (χ3n) is 3.30. The average molecular weight is 270 g/mol. The summed E-state index contributed by atoms with van der Waals surface area (Å²) in [5.41, 5.74) is 2.15. The number of pyridine rings is 1. The van der Waals surface area contributed by atoms with Crippen molar-refractivity contribution < 1.29 is 14.6 Å². The van der Waals surface area contributed by atoms with Crippen LogP contribution in [-0.4, -0.2) is 22.7 Å². The molecule has 0 bridgehead atoms. The molecule has 5 nitrogen and oxygen atoms in total. The smallest absolute Gasteiger partial charge is 0.337 e. The number of benzene rings is 1. The quantitative estimate of drug-likeness (QED) is 0.889. The highest BCUT2D eigenvalue weighted by Crippen LogP contribution is 2.31. The molecule has 1 atom stereocenters. The number of ether oxygens (including phenoxy) is 1. The number of para-hydroxylation sites is 1. The molecule has 2 aromatic rings. The van der Waals surface area contributed by atoms with E-state index in [0.717, 1.165) is 17.0 Å². The van der Waals surface area contributed by atoms with Crippen LogP contribution < -0.4 is 10.1 Å². The topological polar surface area (TPSA) is 71.5 Å². The van der Waals surface area contributed by atoms with Crippen molar-refractivity contribution in [2.75, 3.05) is 6.61 Å². The zero-order valence-electron chi connectivity index (χ0n) is 10.7. The van der Waals surface area contributed by atoms with Crippen LogP contribution in [0.4, 0.5) is 0 Å². The summed E-state index contributed by atoms with van der Waals surface area (Å²) < 4.78 is 5.59. The van der Waals surface area contributed by atoms with Gasteiger partial charge in [-0.15, -0.1) is 0 Å². The van der Waals surface area contributed by atoms with Crippen molar-refractivity contribution in [2.45, 2.75) is 12.6 Å². The van der Waals surface area contributed by atoms with Crippen molar-refractivity contribution in [3.8, 4) is 5.75 Å². The first-order chi connectivity index (χ1) is 9.74. The number of aromatic nitrogens is 1. The molecule has 3 rings (SSSR count). The molecule has 0 saturated heterocycles. The number of hydrogen-bond donors (Lipinski definition) is 2. The Morgan fingerprint density at radius 1 is 1.35 bits per heavy atom. The summed E-state index contributed by atoms with van der Waals surface area (Å²) in [5, 5.41) is 12.2. The van der Waals surface area contributed by atoms with Crippen LogP contribution in [0, 0.1) is 0 Å². The predicted molar refractivity (Wildman–Crippen MR) is 72.7 cm³/mol. The summed E-state index contributed by atoms with van der Waals surface area (Å²) in [6, 6.07) is 11.4. The molecule has 0 aliphatic carbocycles. The van der Waals surface area contributed by atoms with Gasteiger partial charge in [-0.1, -0.05) is 18.2 Å². The molecule has 0 fully saturated rings. The van der Waals surface area contributed by atoms with Gasteiger partial charge in [-0.25, -0.2) is 4.79 Å². The van der Waals surface area contributed by atoms with Crippen molar-refractivity contribution in [1.29, 1.82) is 0 Å². The average Bonchev–Trinajstić information content (AvgIpc) is 2.89. The molecular formula is C15H14N2O3. The Balaban J connectivity index is 1.64. The molecule has 1 aliphatic heterocycles. The molecule has 1 aliphatic rings. The lowest BCUT2D eigenvalue weighted by molar-refractivity contribution is 0.0696. The molecule has 1 aromatic carbocycles. The molecule has 102 valence electrons. The van der Waals surface area contributed by atoms with Gasteiger partial charge in [-0.3, -0.25) is 4.98 Å². The predicted octanol–water partition coefficient (Wildman–Crippen LogP) is 2.00. The highest BCUT2D eigenvalue weighted by atomic mass is 16.5. The van der Waals surface area contributed by atoms with Crippen LogP contribution in [0.5, 0.6) is 5.75 Å². The number of carboxylic acid groups (broad SMARTS) is 1. The summed E-state index contributed by atoms with van der Waals surface area (Å²) in [6.45, 7) is 1.18. The fraction of sp³-hybridized carbons (Fsp3) is 0.200. The number of hydrogen-bond acceptors (Lipinski definition) is 4. The minimum absolute atomic E-state index is 0.146. The van der Waals surface area contributed by atoms with Crippen LogP contribution in [0.1, 0.15) is 27.7 Å². The number of carbonyl (C=O) groups is 1. The molecule has 0 amide bonds. The highest BCUT2D eigenvalue weighted by Gasteiger charge is 2.22. The van der Waals surface area contributed by atoms with E-state index in [9.17, 15) is 4.79 Å². The molecule has 0 saturated carbocycles. The highest BCUT2D eigenvalue weighted by molar-refractivity contribution is 5.87. The first-order valence-corrected chi connectivity index (χ1v) is 6.37. The largest absolute Gasteiger partial charge is 0.491 e. The normalized spacial score (nSPS) is 16.5. The maximum atomic E-state index is 10.7. The van der Waals surface area contributed by atoms with Gasteiger partial charge >= 0.3 is 5.97 Å². The van der Waals surface area contributed by atoms with Crippen molar-refractivity contribution >= 4 is 5.97 Å². The fourth-order valence-electron chi connectivity index (χ4n) is 2.21. The van der Waals surface area contributed by atoms with E-state index >= 15 is 0 Å². The number of fused-ring (bicyclic) bond motifs is 1. The molecule has 1 aromatic heterocycles. The van der Waals surface area contributed by atoms with E-state index in [1.807, 2.05) is 24.3 Å². The van der Waals surface area contributed by atoms with Crippen molar-refractivity contribution in [3.63, 3.8) is 0 Å². The van der Waals surface area contributed by atoms with Gasteiger partial charge in [0.2, 0.25) is 0 Å². The van der Waals surface area contributed by atoms with E-state index in [-0.39, 0.29) is 11.6 Å². The Labute approximate surface area is 116 Å². The molecule has 1 unspecified atom stereocenters. The summed E-state index contributed by atoms with van der Waals surface area (Å²) in [4.78, 5) is 14.9. The molecule has 2 N–H and O–H groups in total. The number of nitrogens with one attached hydrogen (secondary N) is 1. The van der Waals surface area contributed by atoms with Crippen LogP contribution in [0.25, 0.3) is 0 Å². The zero-order valence-corrected chi connectivity index (χ0v) is 10.7. The lowest BCUT2D eigenvalue weighted by Crippen LogP contribution is -2.22. The first kappa shape index (κ1) is 12.6. The van der Waals surface area contributed by atoms with E-state index in [1.165, 1.54) is 6.20 Å². The number of aromatic carboxylic acids is 1. The number of rotatable bonds is 4. The minimum atomic E-state index is -0.963. The molecule has 2 heterocycles. The molecule has 0 radical (unpaired) electrons. The molecular weight excluding hydrogens is 256 g/mol. The van der Waals surface area contributed by atoms with E-state index in [1.54, 1.807) is 12.1 Å². The van der Waals surface area contributed by atoms with Crippen molar-refractivity contribution in [2.24, 2.45) is 0 Å². The first-order valence-electron chi connectivity index (χ1n) is 6.37. The summed E-state index contributed by atoms with van der Waals surface area (Å²) in [7, 11) is 0. The summed E-state index contributed by atoms with van der Waals surface area (Å²) >= 11 is 0. The number of carboxylic acids is 1. The van der Waals surface area contributed by atoms with Gasteiger partial charge in [-0.05, 0) is 18.2 Å². The van der Waals surface area contributed by atoms with E-state index in [2.05, 4.69) is 10.3 Å². The maximum absolute atomic E-state index is 10.7. The van der Waals surface area contributed by atoms with E-state index in [0.29, 0.717) is 13.2 Å². The van der Waals surface area contributed by atoms with Crippen LogP contribution in [0.2, 0.25) is 0 Å². The molecule has 5 heteroatoms. The van der Waals surface area contributed by atoms with Gasteiger partial charge in [0.1, 0.15) is 12.4 Å². The monoisotopic (exact) mass is 270 g/mol. The molecule has 20 heavy (non-hydrogen) atoms. The number of nitrogens with zero attached hydrogens (tertiary/aromatic N) is 1. The van der Waals surface area contributed by atoms with Gasteiger partial charge in [-0.2, -0.15) is 0 Å². The maximum Gasteiger partial charge on any atom is 0.337 e. The Morgan fingerprint density at radius 3 is 2.95 bits per heavy atom. The Morgan fingerprint density at radius 2 is 2.20 bits per heavy atom. The standard InChI is InChI=1S/C15H14N2O3/c18-15(19)10-5-6-11(16-7-10)8-17-13-9-20-14-4-2-1-3-12(13)14/h1-7,13,17H,8-9H2,(H,18,19). The van der Waals surface area contributed by atoms with Gasteiger partial charge in [0, 0.05) is 18.3 Å². The third-order valence-corrected chi connectivity index (χ3v) is 3.30. The second kappa shape index (κ2) is 5.30. The van der Waals surface area contributed by atoms with Crippen LogP contribution in [0.3, 0.4) is 0 Å². The van der Waals surface area contributed by atoms with Crippen LogP contribution in [0.15, 0.2) is 42.6 Å². The van der Waals surface area contributed by atoms with Crippen molar-refractivity contribution in [3.05, 3.63) is 59.4 Å².